The molecule has 0 bridgehead atoms. The van der Waals surface area contributed by atoms with Gasteiger partial charge in [0.05, 0.1) is 29.7 Å². The molecule has 3 aromatic carbocycles. The van der Waals surface area contributed by atoms with Gasteiger partial charge in [-0.3, -0.25) is 9.52 Å². The predicted octanol–water partition coefficient (Wildman–Crippen LogP) is 4.15. The molecule has 3 N–H and O–H groups in total. The van der Waals surface area contributed by atoms with E-state index in [0.717, 1.165) is 24.3 Å². The van der Waals surface area contributed by atoms with Crippen molar-refractivity contribution in [1.29, 1.82) is 0 Å². The number of hydrogen-bond donors (Lipinski definition) is 3. The highest BCUT2D eigenvalue weighted by Crippen LogP contribution is 2.31. The van der Waals surface area contributed by atoms with Crippen molar-refractivity contribution in [2.24, 2.45) is 5.92 Å². The summed E-state index contributed by atoms with van der Waals surface area (Å²) in [5, 5.41) is 12.6. The molecule has 13 heteroatoms. The average molecular weight is 603 g/mol. The number of carbonyl (C=O) groups excluding carboxylic acids is 2. The largest absolute Gasteiger partial charge is 0.487 e. The molecule has 0 aliphatic carbocycles. The van der Waals surface area contributed by atoms with Gasteiger partial charge < -0.3 is 25.0 Å². The number of nitrogens with zero attached hydrogens (tertiary/aromatic N) is 2. The maximum absolute atomic E-state index is 13.6. The van der Waals surface area contributed by atoms with Crippen LogP contribution < -0.4 is 14.8 Å². The quantitative estimate of drug-likeness (QED) is 0.356. The lowest BCUT2D eigenvalue weighted by atomic mass is 9.99. The molecule has 1 aliphatic rings. The van der Waals surface area contributed by atoms with E-state index in [0.29, 0.717) is 5.69 Å². The van der Waals surface area contributed by atoms with Crippen LogP contribution in [0.25, 0.3) is 0 Å². The molecule has 0 radical (unpaired) electrons. The standard InChI is InChI=1S/C29H32F2N4O6S/c1-18-15-35(19(2)17-36)28(37)25-14-23(33-42(39,40)24-11-6-21(31)7-12-24)10-13-26(25)41-27(18)16-34(3)29(38)32-22-8-4-20(30)5-9-22/h4-14,18-19,27,33,36H,15-17H2,1-3H3,(H,32,38)/t18-,19-,27+/m0/s1. The number of halogens is 2. The number of anilines is 2. The van der Waals surface area contributed by atoms with E-state index in [1.165, 1.54) is 52.3 Å². The fraction of sp³-hybridized carbons (Fsp3) is 0.310. The fourth-order valence-electron chi connectivity index (χ4n) is 4.44. The molecule has 3 atom stereocenters. The SMILES string of the molecule is C[C@H]1CN([C@@H](C)CO)C(=O)c2cc(NS(=O)(=O)c3ccc(F)cc3)ccc2O[C@@H]1CN(C)C(=O)Nc1ccc(F)cc1. The summed E-state index contributed by atoms with van der Waals surface area (Å²) in [6.45, 7) is 3.53. The number of rotatable bonds is 8. The second-order valence-corrected chi connectivity index (χ2v) is 11.9. The molecule has 3 aromatic rings. The monoisotopic (exact) mass is 602 g/mol. The molecule has 0 spiro atoms. The third-order valence-corrected chi connectivity index (χ3v) is 8.33. The van der Waals surface area contributed by atoms with Crippen molar-refractivity contribution in [2.45, 2.75) is 30.9 Å². The van der Waals surface area contributed by atoms with Gasteiger partial charge >= 0.3 is 6.03 Å². The van der Waals surface area contributed by atoms with Crippen LogP contribution in [0.1, 0.15) is 24.2 Å². The third-order valence-electron chi connectivity index (χ3n) is 6.94. The number of benzene rings is 3. The van der Waals surface area contributed by atoms with Crippen LogP contribution in [0.15, 0.2) is 71.6 Å². The Labute approximate surface area is 242 Å². The molecule has 0 fully saturated rings. The summed E-state index contributed by atoms with van der Waals surface area (Å²) in [6, 6.07) is 12.9. The Hall–Kier alpha value is -4.23. The number of nitrogens with one attached hydrogen (secondary N) is 2. The summed E-state index contributed by atoms with van der Waals surface area (Å²) in [5.74, 6) is -1.60. The van der Waals surface area contributed by atoms with Crippen molar-refractivity contribution in [3.63, 3.8) is 0 Å². The molecule has 10 nitrogen and oxygen atoms in total. The number of urea groups is 1. The predicted molar refractivity (Wildman–Crippen MR) is 153 cm³/mol. The van der Waals surface area contributed by atoms with E-state index in [1.807, 2.05) is 6.92 Å². The number of aliphatic hydroxyl groups excluding tert-OH is 1. The molecule has 4 rings (SSSR count). The molecule has 0 aromatic heterocycles. The van der Waals surface area contributed by atoms with Crippen molar-refractivity contribution in [1.82, 2.24) is 9.80 Å². The van der Waals surface area contributed by atoms with E-state index in [1.54, 1.807) is 14.0 Å². The molecule has 3 amide bonds. The zero-order chi connectivity index (χ0) is 30.6. The van der Waals surface area contributed by atoms with Crippen LogP contribution in [0.4, 0.5) is 25.0 Å². The molecular weight excluding hydrogens is 570 g/mol. The van der Waals surface area contributed by atoms with Crippen LogP contribution in [-0.4, -0.2) is 74.2 Å². The number of sulfonamides is 1. The smallest absolute Gasteiger partial charge is 0.321 e. The van der Waals surface area contributed by atoms with Gasteiger partial charge in [0.2, 0.25) is 0 Å². The topological polar surface area (TPSA) is 128 Å². The summed E-state index contributed by atoms with van der Waals surface area (Å²) in [5.41, 5.74) is 0.548. The number of ether oxygens (including phenoxy) is 1. The summed E-state index contributed by atoms with van der Waals surface area (Å²) in [4.78, 5) is 29.2. The van der Waals surface area contributed by atoms with Gasteiger partial charge in [-0.15, -0.1) is 0 Å². The van der Waals surface area contributed by atoms with Crippen LogP contribution >= 0.6 is 0 Å². The molecule has 42 heavy (non-hydrogen) atoms. The zero-order valence-corrected chi connectivity index (χ0v) is 24.1. The first-order valence-electron chi connectivity index (χ1n) is 13.2. The summed E-state index contributed by atoms with van der Waals surface area (Å²) in [7, 11) is -2.52. The minimum Gasteiger partial charge on any atom is -0.487 e. The van der Waals surface area contributed by atoms with Gasteiger partial charge in [0.25, 0.3) is 15.9 Å². The van der Waals surface area contributed by atoms with Gasteiger partial charge in [0, 0.05) is 30.9 Å². The number of aliphatic hydroxyl groups is 1. The highest BCUT2D eigenvalue weighted by Gasteiger charge is 2.34. The first-order chi connectivity index (χ1) is 19.9. The van der Waals surface area contributed by atoms with Gasteiger partial charge in [-0.05, 0) is 73.7 Å². The third kappa shape index (κ3) is 7.15. The fourth-order valence-corrected chi connectivity index (χ4v) is 5.49. The van der Waals surface area contributed by atoms with Crippen LogP contribution in [0.3, 0.4) is 0 Å². The Bertz CT molecular complexity index is 1540. The van der Waals surface area contributed by atoms with Gasteiger partial charge in [-0.2, -0.15) is 0 Å². The molecule has 1 aliphatic heterocycles. The summed E-state index contributed by atoms with van der Waals surface area (Å²) >= 11 is 0. The average Bonchev–Trinajstić information content (AvgIpc) is 2.96. The van der Waals surface area contributed by atoms with Gasteiger partial charge in [0.15, 0.2) is 0 Å². The Kier molecular flexibility index (Phi) is 9.32. The number of amides is 3. The highest BCUT2D eigenvalue weighted by atomic mass is 32.2. The minimum atomic E-state index is -4.09. The van der Waals surface area contributed by atoms with E-state index in [9.17, 15) is 31.9 Å². The Morgan fingerprint density at radius 3 is 2.29 bits per heavy atom. The second-order valence-electron chi connectivity index (χ2n) is 10.2. The first kappa shape index (κ1) is 30.7. The van der Waals surface area contributed by atoms with Crippen LogP contribution in [0, 0.1) is 17.6 Å². The summed E-state index contributed by atoms with van der Waals surface area (Å²) in [6.07, 6.45) is -0.601. The van der Waals surface area contributed by atoms with Crippen molar-refractivity contribution in [3.05, 3.63) is 83.9 Å². The number of carbonyl (C=O) groups is 2. The lowest BCUT2D eigenvalue weighted by molar-refractivity contribution is 0.0371. The van der Waals surface area contributed by atoms with Gasteiger partial charge in [-0.1, -0.05) is 6.92 Å². The van der Waals surface area contributed by atoms with Crippen LogP contribution in [0.2, 0.25) is 0 Å². The van der Waals surface area contributed by atoms with E-state index in [4.69, 9.17) is 4.74 Å². The lowest BCUT2D eigenvalue weighted by Gasteiger charge is -2.38. The normalized spacial score (nSPS) is 17.8. The van der Waals surface area contributed by atoms with Crippen molar-refractivity contribution in [2.75, 3.05) is 36.8 Å². The van der Waals surface area contributed by atoms with Gasteiger partial charge in [0.1, 0.15) is 23.5 Å². The second kappa shape index (κ2) is 12.7. The zero-order valence-electron chi connectivity index (χ0n) is 23.3. The van der Waals surface area contributed by atoms with Crippen molar-refractivity contribution in [3.8, 4) is 5.75 Å². The van der Waals surface area contributed by atoms with E-state index >= 15 is 0 Å². The minimum absolute atomic E-state index is 0.0601. The van der Waals surface area contributed by atoms with E-state index in [2.05, 4.69) is 10.0 Å². The first-order valence-corrected chi connectivity index (χ1v) is 14.6. The molecule has 0 saturated carbocycles. The van der Waals surface area contributed by atoms with Crippen LogP contribution in [-0.2, 0) is 10.0 Å². The molecule has 1 heterocycles. The Morgan fingerprint density at radius 1 is 1.07 bits per heavy atom. The highest BCUT2D eigenvalue weighted by molar-refractivity contribution is 7.92. The summed E-state index contributed by atoms with van der Waals surface area (Å²) < 4.78 is 60.9. The van der Waals surface area contributed by atoms with Gasteiger partial charge in [-0.25, -0.2) is 22.0 Å². The maximum Gasteiger partial charge on any atom is 0.321 e. The number of fused-ring (bicyclic) bond motifs is 1. The number of hydrogen-bond acceptors (Lipinski definition) is 6. The van der Waals surface area contributed by atoms with E-state index < -0.39 is 45.7 Å². The number of likely N-dealkylation sites (N-methyl/N-ethyl adjacent to an activating group) is 1. The molecule has 0 unspecified atom stereocenters. The molecule has 224 valence electrons. The van der Waals surface area contributed by atoms with Crippen LogP contribution in [0.5, 0.6) is 5.75 Å². The molecule has 0 saturated heterocycles. The molecular formula is C29H32F2N4O6S. The Balaban J connectivity index is 1.61. The van der Waals surface area contributed by atoms with E-state index in [-0.39, 0.29) is 47.5 Å². The van der Waals surface area contributed by atoms with Crippen molar-refractivity contribution >= 4 is 33.3 Å². The lowest BCUT2D eigenvalue weighted by Crippen LogP contribution is -2.50. The maximum atomic E-state index is 13.6. The Morgan fingerprint density at radius 2 is 1.67 bits per heavy atom. The van der Waals surface area contributed by atoms with Crippen molar-refractivity contribution < 1.29 is 36.6 Å².